The van der Waals surface area contributed by atoms with Crippen molar-refractivity contribution in [1.82, 2.24) is 9.97 Å². The number of nitrogens with zero attached hydrogens (tertiary/aromatic N) is 2. The van der Waals surface area contributed by atoms with Gasteiger partial charge in [-0.2, -0.15) is 0 Å². The molecule has 0 atom stereocenters. The maximum atomic E-state index is 12.1. The molecule has 0 bridgehead atoms. The normalized spacial score (nSPS) is 10.9. The standard InChI is InChI=1S/C15H10BrN3O4/c1-7-10(16)6-9(13(20)12(7)19(22)23)14-17-11-5-3-2-4-8(11)15(21)18-14/h2-6,20H,1H3,(H,17,18,21). The molecule has 0 aliphatic rings. The average Bonchev–Trinajstić information content (AvgIpc) is 2.50. The number of phenols is 1. The van der Waals surface area contributed by atoms with E-state index >= 15 is 0 Å². The molecule has 0 aliphatic heterocycles. The second-order valence-electron chi connectivity index (χ2n) is 4.92. The second-order valence-corrected chi connectivity index (χ2v) is 5.77. The number of rotatable bonds is 2. The first-order chi connectivity index (χ1) is 10.9. The Balaban J connectivity index is 2.35. The fraction of sp³-hybridized carbons (Fsp3) is 0.0667. The molecular formula is C15H10BrN3O4. The highest BCUT2D eigenvalue weighted by Gasteiger charge is 2.25. The number of benzene rings is 2. The van der Waals surface area contributed by atoms with Gasteiger partial charge < -0.3 is 10.1 Å². The Morgan fingerprint density at radius 2 is 2.04 bits per heavy atom. The smallest absolute Gasteiger partial charge is 0.315 e. The molecule has 1 heterocycles. The van der Waals surface area contributed by atoms with Crippen molar-refractivity contribution in [3.63, 3.8) is 0 Å². The number of nitro groups is 1. The Morgan fingerprint density at radius 1 is 1.35 bits per heavy atom. The number of phenolic OH excluding ortho intramolecular Hbond substituents is 1. The van der Waals surface area contributed by atoms with Gasteiger partial charge in [0.05, 0.1) is 21.4 Å². The SMILES string of the molecule is Cc1c(Br)cc(-c2nc3ccccc3c(=O)[nH]2)c(O)c1[N+](=O)[O-]. The van der Waals surface area contributed by atoms with Gasteiger partial charge in [-0.15, -0.1) is 0 Å². The van der Waals surface area contributed by atoms with E-state index in [1.54, 1.807) is 24.3 Å². The van der Waals surface area contributed by atoms with Crippen LogP contribution in [0.1, 0.15) is 5.56 Å². The Labute approximate surface area is 137 Å². The van der Waals surface area contributed by atoms with Crippen LogP contribution in [0.4, 0.5) is 5.69 Å². The van der Waals surface area contributed by atoms with Crippen LogP contribution in [0.25, 0.3) is 22.3 Å². The van der Waals surface area contributed by atoms with Gasteiger partial charge in [0.15, 0.2) is 0 Å². The van der Waals surface area contributed by atoms with Crippen molar-refractivity contribution in [2.24, 2.45) is 0 Å². The van der Waals surface area contributed by atoms with Crippen LogP contribution in [0, 0.1) is 17.0 Å². The van der Waals surface area contributed by atoms with Gasteiger partial charge in [0.1, 0.15) is 5.82 Å². The molecule has 116 valence electrons. The molecular weight excluding hydrogens is 366 g/mol. The van der Waals surface area contributed by atoms with Gasteiger partial charge in [-0.05, 0) is 25.1 Å². The van der Waals surface area contributed by atoms with Crippen molar-refractivity contribution in [3.8, 4) is 17.1 Å². The summed E-state index contributed by atoms with van der Waals surface area (Å²) >= 11 is 3.23. The van der Waals surface area contributed by atoms with Crippen molar-refractivity contribution in [2.45, 2.75) is 6.92 Å². The topological polar surface area (TPSA) is 109 Å². The van der Waals surface area contributed by atoms with Crippen molar-refractivity contribution in [1.29, 1.82) is 0 Å². The summed E-state index contributed by atoms with van der Waals surface area (Å²) in [4.78, 5) is 29.5. The van der Waals surface area contributed by atoms with Gasteiger partial charge in [0.2, 0.25) is 5.75 Å². The number of nitrogens with one attached hydrogen (secondary N) is 1. The minimum Gasteiger partial charge on any atom is -0.502 e. The maximum absolute atomic E-state index is 12.1. The zero-order chi connectivity index (χ0) is 16.7. The largest absolute Gasteiger partial charge is 0.502 e. The van der Waals surface area contributed by atoms with E-state index in [9.17, 15) is 20.0 Å². The minimum atomic E-state index is -0.669. The summed E-state index contributed by atoms with van der Waals surface area (Å²) < 4.78 is 0.438. The van der Waals surface area contributed by atoms with Crippen molar-refractivity contribution in [3.05, 3.63) is 60.8 Å². The molecule has 0 amide bonds. The molecule has 0 spiro atoms. The van der Waals surface area contributed by atoms with Crippen LogP contribution in [0.5, 0.6) is 5.75 Å². The van der Waals surface area contributed by atoms with Crippen LogP contribution < -0.4 is 5.56 Å². The van der Waals surface area contributed by atoms with Gasteiger partial charge in [-0.25, -0.2) is 4.98 Å². The van der Waals surface area contributed by atoms with E-state index in [2.05, 4.69) is 25.9 Å². The van der Waals surface area contributed by atoms with Crippen LogP contribution in [0.3, 0.4) is 0 Å². The highest BCUT2D eigenvalue weighted by Crippen LogP contribution is 2.41. The van der Waals surface area contributed by atoms with Crippen molar-refractivity contribution in [2.75, 3.05) is 0 Å². The zero-order valence-corrected chi connectivity index (χ0v) is 13.4. The quantitative estimate of drug-likeness (QED) is 0.527. The van der Waals surface area contributed by atoms with E-state index in [-0.39, 0.29) is 16.9 Å². The summed E-state index contributed by atoms with van der Waals surface area (Å²) in [5, 5.41) is 21.8. The zero-order valence-electron chi connectivity index (χ0n) is 11.8. The fourth-order valence-electron chi connectivity index (χ4n) is 2.34. The summed E-state index contributed by atoms with van der Waals surface area (Å²) in [6, 6.07) is 8.21. The van der Waals surface area contributed by atoms with E-state index in [1.807, 2.05) is 0 Å². The summed E-state index contributed by atoms with van der Waals surface area (Å²) in [5.41, 5.74) is -0.00375. The molecule has 3 rings (SSSR count). The van der Waals surface area contributed by atoms with E-state index < -0.39 is 16.4 Å². The molecule has 3 aromatic rings. The first-order valence-corrected chi connectivity index (χ1v) is 7.35. The van der Waals surface area contributed by atoms with Gasteiger partial charge in [0, 0.05) is 10.0 Å². The number of nitro benzene ring substituents is 1. The minimum absolute atomic E-state index is 0.0648. The number of aromatic amines is 1. The molecule has 0 saturated carbocycles. The second kappa shape index (κ2) is 5.47. The summed E-state index contributed by atoms with van der Waals surface area (Å²) in [6.45, 7) is 1.52. The molecule has 0 fully saturated rings. The first kappa shape index (κ1) is 15.2. The number of halogens is 1. The number of H-pyrrole nitrogens is 1. The predicted octanol–water partition coefficient (Wildman–Crippen LogP) is 3.27. The van der Waals surface area contributed by atoms with Gasteiger partial charge in [0.25, 0.3) is 5.56 Å². The lowest BCUT2D eigenvalue weighted by Crippen LogP contribution is -2.09. The van der Waals surface area contributed by atoms with E-state index in [0.717, 1.165) is 0 Å². The number of aromatic hydroxyl groups is 1. The predicted molar refractivity (Wildman–Crippen MR) is 88.6 cm³/mol. The fourth-order valence-corrected chi connectivity index (χ4v) is 2.76. The lowest BCUT2D eigenvalue weighted by atomic mass is 10.1. The molecule has 2 N–H and O–H groups in total. The van der Waals surface area contributed by atoms with Crippen LogP contribution in [-0.2, 0) is 0 Å². The summed E-state index contributed by atoms with van der Waals surface area (Å²) in [5.74, 6) is -0.468. The van der Waals surface area contributed by atoms with Crippen LogP contribution >= 0.6 is 15.9 Å². The Kier molecular flexibility index (Phi) is 3.61. The number of para-hydroxylation sites is 1. The van der Waals surface area contributed by atoms with Gasteiger partial charge in [-0.3, -0.25) is 14.9 Å². The number of fused-ring (bicyclic) bond motifs is 1. The molecule has 0 aliphatic carbocycles. The first-order valence-electron chi connectivity index (χ1n) is 6.56. The number of aromatic nitrogens is 2. The van der Waals surface area contributed by atoms with Crippen molar-refractivity contribution >= 4 is 32.5 Å². The van der Waals surface area contributed by atoms with Crippen molar-refractivity contribution < 1.29 is 10.0 Å². The van der Waals surface area contributed by atoms with E-state index in [4.69, 9.17) is 0 Å². The molecule has 0 unspecified atom stereocenters. The molecule has 23 heavy (non-hydrogen) atoms. The number of hydrogen-bond acceptors (Lipinski definition) is 5. The molecule has 1 aromatic heterocycles. The van der Waals surface area contributed by atoms with Gasteiger partial charge >= 0.3 is 5.69 Å². The van der Waals surface area contributed by atoms with E-state index in [0.29, 0.717) is 20.9 Å². The van der Waals surface area contributed by atoms with E-state index in [1.165, 1.54) is 13.0 Å². The maximum Gasteiger partial charge on any atom is 0.315 e. The molecule has 7 nitrogen and oxygen atoms in total. The monoisotopic (exact) mass is 375 g/mol. The third-order valence-corrected chi connectivity index (χ3v) is 4.34. The van der Waals surface area contributed by atoms with Gasteiger partial charge in [-0.1, -0.05) is 28.1 Å². The van der Waals surface area contributed by atoms with Crippen LogP contribution in [0.2, 0.25) is 0 Å². The Bertz CT molecular complexity index is 1010. The van der Waals surface area contributed by atoms with Crippen LogP contribution in [-0.4, -0.2) is 20.0 Å². The molecule has 0 saturated heterocycles. The Morgan fingerprint density at radius 3 is 2.74 bits per heavy atom. The lowest BCUT2D eigenvalue weighted by molar-refractivity contribution is -0.386. The number of hydrogen-bond donors (Lipinski definition) is 2. The molecule has 0 radical (unpaired) electrons. The third kappa shape index (κ3) is 2.46. The third-order valence-electron chi connectivity index (χ3n) is 3.51. The summed E-state index contributed by atoms with van der Waals surface area (Å²) in [6.07, 6.45) is 0. The van der Waals surface area contributed by atoms with Crippen LogP contribution in [0.15, 0.2) is 39.6 Å². The lowest BCUT2D eigenvalue weighted by Gasteiger charge is -2.09. The highest BCUT2D eigenvalue weighted by molar-refractivity contribution is 9.10. The average molecular weight is 376 g/mol. The molecule has 8 heteroatoms. The summed E-state index contributed by atoms with van der Waals surface area (Å²) in [7, 11) is 0. The molecule has 2 aromatic carbocycles. The highest BCUT2D eigenvalue weighted by atomic mass is 79.9. The Hall–Kier alpha value is -2.74.